The van der Waals surface area contributed by atoms with Gasteiger partial charge in [-0.3, -0.25) is 14.7 Å². The van der Waals surface area contributed by atoms with Gasteiger partial charge in [-0.25, -0.2) is 8.78 Å². The lowest BCUT2D eigenvalue weighted by atomic mass is 9.90. The van der Waals surface area contributed by atoms with Gasteiger partial charge in [0.2, 0.25) is 5.91 Å². The first-order valence-corrected chi connectivity index (χ1v) is 12.1. The van der Waals surface area contributed by atoms with Gasteiger partial charge in [0.1, 0.15) is 11.6 Å². The van der Waals surface area contributed by atoms with Gasteiger partial charge in [0, 0.05) is 49.4 Å². The highest BCUT2D eigenvalue weighted by Gasteiger charge is 2.31. The van der Waals surface area contributed by atoms with Crippen LogP contribution in [0.2, 0.25) is 0 Å². The van der Waals surface area contributed by atoms with Crippen LogP contribution in [0.25, 0.3) is 0 Å². The number of halogens is 2. The fraction of sp³-hybridized carbons (Fsp3) is 0.370. The Hall–Kier alpha value is -3.55. The maximum absolute atomic E-state index is 14.0. The molecule has 0 aliphatic carbocycles. The Kier molecular flexibility index (Phi) is 6.61. The van der Waals surface area contributed by atoms with Crippen LogP contribution in [-0.4, -0.2) is 51.4 Å². The van der Waals surface area contributed by atoms with Crippen molar-refractivity contribution in [2.45, 2.75) is 38.6 Å². The largest absolute Gasteiger partial charge is 0.338 e. The maximum Gasteiger partial charge on any atom is 0.274 e. The summed E-state index contributed by atoms with van der Waals surface area (Å²) < 4.78 is 27.5. The molecule has 1 fully saturated rings. The van der Waals surface area contributed by atoms with Gasteiger partial charge in [-0.05, 0) is 48.9 Å². The molecule has 2 amide bonds. The van der Waals surface area contributed by atoms with E-state index in [1.165, 1.54) is 5.56 Å². The highest BCUT2D eigenvalue weighted by Crippen LogP contribution is 2.26. The number of rotatable bonds is 5. The topological polar surface area (TPSA) is 69.3 Å². The molecule has 0 bridgehead atoms. The third-order valence-corrected chi connectivity index (χ3v) is 7.11. The van der Waals surface area contributed by atoms with Crippen LogP contribution in [0.4, 0.5) is 8.78 Å². The standard InChI is InChI=1S/C27H28F2N4O2/c28-21-6-7-23(29)20(15-21)16-25(34)33-13-10-24-22(17-33)26(31-30-24)27(35)32-11-8-19(9-12-32)14-18-4-2-1-3-5-18/h1-7,15,19H,8-14,16-17H2,(H,30,31). The maximum atomic E-state index is 14.0. The molecule has 2 aliphatic rings. The van der Waals surface area contributed by atoms with Gasteiger partial charge in [0.15, 0.2) is 5.69 Å². The molecule has 1 saturated heterocycles. The van der Waals surface area contributed by atoms with Crippen molar-refractivity contribution < 1.29 is 18.4 Å². The Morgan fingerprint density at radius 1 is 1.00 bits per heavy atom. The highest BCUT2D eigenvalue weighted by molar-refractivity contribution is 5.94. The zero-order chi connectivity index (χ0) is 24.4. The van der Waals surface area contributed by atoms with E-state index in [1.54, 1.807) is 4.90 Å². The molecule has 1 N–H and O–H groups in total. The SMILES string of the molecule is O=C(Cc1cc(F)ccc1F)N1CCc2[nH]nc(C(=O)N3CCC(Cc4ccccc4)CC3)c2C1. The highest BCUT2D eigenvalue weighted by atomic mass is 19.1. The zero-order valence-corrected chi connectivity index (χ0v) is 19.5. The second-order valence-corrected chi connectivity index (χ2v) is 9.43. The Labute approximate surface area is 202 Å². The number of piperidine rings is 1. The summed E-state index contributed by atoms with van der Waals surface area (Å²) in [6.45, 7) is 2.02. The molecule has 0 saturated carbocycles. The molecular formula is C27H28F2N4O2. The van der Waals surface area contributed by atoms with Crippen LogP contribution in [0.5, 0.6) is 0 Å². The summed E-state index contributed by atoms with van der Waals surface area (Å²) in [5.74, 6) is -1.06. The summed E-state index contributed by atoms with van der Waals surface area (Å²) in [7, 11) is 0. The first-order valence-electron chi connectivity index (χ1n) is 12.1. The second kappa shape index (κ2) is 9.98. The van der Waals surface area contributed by atoms with Crippen molar-refractivity contribution in [2.75, 3.05) is 19.6 Å². The van der Waals surface area contributed by atoms with Crippen LogP contribution in [-0.2, 0) is 30.6 Å². The molecular weight excluding hydrogens is 450 g/mol. The molecule has 3 aromatic rings. The minimum atomic E-state index is -0.604. The first-order chi connectivity index (χ1) is 17.0. The number of carbonyl (C=O) groups is 2. The number of likely N-dealkylation sites (tertiary alicyclic amines) is 1. The lowest BCUT2D eigenvalue weighted by Gasteiger charge is -2.32. The van der Waals surface area contributed by atoms with Gasteiger partial charge >= 0.3 is 0 Å². The number of carbonyl (C=O) groups excluding carboxylic acids is 2. The van der Waals surface area contributed by atoms with Gasteiger partial charge in [-0.15, -0.1) is 0 Å². The Morgan fingerprint density at radius 2 is 1.77 bits per heavy atom. The summed E-state index contributed by atoms with van der Waals surface area (Å²) in [6, 6.07) is 13.5. The van der Waals surface area contributed by atoms with E-state index in [1.807, 2.05) is 11.0 Å². The third-order valence-electron chi connectivity index (χ3n) is 7.11. The van der Waals surface area contributed by atoms with Crippen LogP contribution in [0.1, 0.15) is 45.7 Å². The van der Waals surface area contributed by atoms with E-state index in [4.69, 9.17) is 0 Å². The van der Waals surface area contributed by atoms with Crippen LogP contribution in [0.15, 0.2) is 48.5 Å². The van der Waals surface area contributed by atoms with E-state index in [0.717, 1.165) is 48.7 Å². The number of benzene rings is 2. The zero-order valence-electron chi connectivity index (χ0n) is 19.5. The van der Waals surface area contributed by atoms with Crippen LogP contribution >= 0.6 is 0 Å². The molecule has 0 atom stereocenters. The van der Waals surface area contributed by atoms with E-state index in [-0.39, 0.29) is 30.3 Å². The van der Waals surface area contributed by atoms with Crippen molar-refractivity contribution in [3.63, 3.8) is 0 Å². The van der Waals surface area contributed by atoms with E-state index in [9.17, 15) is 18.4 Å². The minimum absolute atomic E-state index is 0.0302. The number of amides is 2. The third kappa shape index (κ3) is 5.11. The number of hydrogen-bond donors (Lipinski definition) is 1. The molecule has 35 heavy (non-hydrogen) atoms. The number of nitrogens with one attached hydrogen (secondary N) is 1. The van der Waals surface area contributed by atoms with Gasteiger partial charge in [0.05, 0.1) is 6.42 Å². The molecule has 0 spiro atoms. The van der Waals surface area contributed by atoms with E-state index < -0.39 is 11.6 Å². The number of aromatic amines is 1. The monoisotopic (exact) mass is 478 g/mol. The molecule has 5 rings (SSSR count). The normalized spacial score (nSPS) is 16.3. The van der Waals surface area contributed by atoms with Crippen LogP contribution < -0.4 is 0 Å². The van der Waals surface area contributed by atoms with Crippen molar-refractivity contribution in [1.29, 1.82) is 0 Å². The second-order valence-electron chi connectivity index (χ2n) is 9.43. The van der Waals surface area contributed by atoms with Gasteiger partial charge in [0.25, 0.3) is 5.91 Å². The van der Waals surface area contributed by atoms with Crippen molar-refractivity contribution in [3.05, 3.63) is 88.2 Å². The van der Waals surface area contributed by atoms with Crippen LogP contribution in [0, 0.1) is 17.6 Å². The number of aromatic nitrogens is 2. The summed E-state index contributed by atoms with van der Waals surface area (Å²) in [5, 5.41) is 7.27. The molecule has 2 aliphatic heterocycles. The first kappa shape index (κ1) is 23.2. The summed E-state index contributed by atoms with van der Waals surface area (Å²) in [4.78, 5) is 29.6. The summed E-state index contributed by atoms with van der Waals surface area (Å²) in [6.07, 6.45) is 3.21. The quantitative estimate of drug-likeness (QED) is 0.605. The summed E-state index contributed by atoms with van der Waals surface area (Å²) in [5.41, 5.74) is 3.29. The van der Waals surface area contributed by atoms with Crippen molar-refractivity contribution in [1.82, 2.24) is 20.0 Å². The number of fused-ring (bicyclic) bond motifs is 1. The molecule has 182 valence electrons. The lowest BCUT2D eigenvalue weighted by Crippen LogP contribution is -2.41. The molecule has 3 heterocycles. The average Bonchev–Trinajstić information content (AvgIpc) is 3.30. The smallest absolute Gasteiger partial charge is 0.274 e. The van der Waals surface area contributed by atoms with E-state index in [2.05, 4.69) is 34.5 Å². The lowest BCUT2D eigenvalue weighted by molar-refractivity contribution is -0.131. The Morgan fingerprint density at radius 3 is 2.54 bits per heavy atom. The van der Waals surface area contributed by atoms with Gasteiger partial charge in [-0.1, -0.05) is 30.3 Å². The molecule has 0 radical (unpaired) electrons. The number of hydrogen-bond acceptors (Lipinski definition) is 3. The van der Waals surface area contributed by atoms with Crippen molar-refractivity contribution in [3.8, 4) is 0 Å². The fourth-order valence-corrected chi connectivity index (χ4v) is 5.08. The van der Waals surface area contributed by atoms with Crippen molar-refractivity contribution in [2.24, 2.45) is 5.92 Å². The number of H-pyrrole nitrogens is 1. The summed E-state index contributed by atoms with van der Waals surface area (Å²) >= 11 is 0. The predicted molar refractivity (Wildman–Crippen MR) is 127 cm³/mol. The average molecular weight is 479 g/mol. The van der Waals surface area contributed by atoms with Crippen molar-refractivity contribution >= 4 is 11.8 Å². The van der Waals surface area contributed by atoms with E-state index >= 15 is 0 Å². The Bertz CT molecular complexity index is 1220. The molecule has 0 unspecified atom stereocenters. The van der Waals surface area contributed by atoms with Gasteiger partial charge in [-0.2, -0.15) is 5.10 Å². The van der Waals surface area contributed by atoms with E-state index in [0.29, 0.717) is 37.7 Å². The van der Waals surface area contributed by atoms with Crippen LogP contribution in [0.3, 0.4) is 0 Å². The fourth-order valence-electron chi connectivity index (χ4n) is 5.08. The predicted octanol–water partition coefficient (Wildman–Crippen LogP) is 3.91. The Balaban J connectivity index is 1.22. The molecule has 6 nitrogen and oxygen atoms in total. The molecule has 1 aromatic heterocycles. The minimum Gasteiger partial charge on any atom is -0.338 e. The molecule has 8 heteroatoms. The molecule has 2 aromatic carbocycles. The number of nitrogens with zero attached hydrogens (tertiary/aromatic N) is 3. The van der Waals surface area contributed by atoms with Gasteiger partial charge < -0.3 is 9.80 Å².